The van der Waals surface area contributed by atoms with Gasteiger partial charge in [0.05, 0.1) is 0 Å². The number of carbonyl (C=O) groups is 1. The Kier molecular flexibility index (Phi) is 3.83. The average molecular weight is 302 g/mol. The molecule has 0 saturated heterocycles. The van der Waals surface area contributed by atoms with E-state index in [9.17, 15) is 4.79 Å². The molecule has 1 amide bonds. The molecular formula is C12H10N6O2S. The van der Waals surface area contributed by atoms with Crippen LogP contribution in [0.3, 0.4) is 0 Å². The van der Waals surface area contributed by atoms with Gasteiger partial charge >= 0.3 is 0 Å². The van der Waals surface area contributed by atoms with E-state index < -0.39 is 0 Å². The molecule has 0 aliphatic rings. The maximum atomic E-state index is 11.6. The number of amides is 1. The van der Waals surface area contributed by atoms with Crippen molar-refractivity contribution in [3.05, 3.63) is 42.2 Å². The van der Waals surface area contributed by atoms with Gasteiger partial charge in [0.2, 0.25) is 5.88 Å². The van der Waals surface area contributed by atoms with Crippen LogP contribution in [-0.2, 0) is 4.79 Å². The molecule has 0 aliphatic heterocycles. The van der Waals surface area contributed by atoms with Gasteiger partial charge in [-0.3, -0.25) is 10.1 Å². The van der Waals surface area contributed by atoms with Gasteiger partial charge in [-0.1, -0.05) is 0 Å². The standard InChI is InChI=1S/C12H10N6O2S/c19-10(15-12-13-5-7-21-12)8-20-11-3-2-9(16-17-11)18-6-1-4-14-18/h1-7H,8H2,(H,13,15,19). The highest BCUT2D eigenvalue weighted by Gasteiger charge is 2.06. The number of thiazole rings is 1. The quantitative estimate of drug-likeness (QED) is 0.759. The normalized spacial score (nSPS) is 10.3. The lowest BCUT2D eigenvalue weighted by atomic mass is 10.5. The number of anilines is 1. The summed E-state index contributed by atoms with van der Waals surface area (Å²) in [7, 11) is 0. The van der Waals surface area contributed by atoms with Gasteiger partial charge in [0.1, 0.15) is 0 Å². The number of ether oxygens (including phenoxy) is 1. The summed E-state index contributed by atoms with van der Waals surface area (Å²) < 4.78 is 6.83. The fourth-order valence-corrected chi connectivity index (χ4v) is 2.04. The van der Waals surface area contributed by atoms with Crippen molar-refractivity contribution >= 4 is 22.4 Å². The Morgan fingerprint density at radius 1 is 1.33 bits per heavy atom. The Morgan fingerprint density at radius 3 is 2.95 bits per heavy atom. The third-order valence-electron chi connectivity index (χ3n) is 2.39. The molecular weight excluding hydrogens is 292 g/mol. The van der Waals surface area contributed by atoms with Gasteiger partial charge < -0.3 is 4.74 Å². The van der Waals surface area contributed by atoms with Gasteiger partial charge in [0, 0.05) is 30.0 Å². The number of carbonyl (C=O) groups excluding carboxylic acids is 1. The summed E-state index contributed by atoms with van der Waals surface area (Å²) in [5.41, 5.74) is 0. The van der Waals surface area contributed by atoms with Crippen LogP contribution in [0, 0.1) is 0 Å². The van der Waals surface area contributed by atoms with Gasteiger partial charge in [0.15, 0.2) is 17.6 Å². The minimum Gasteiger partial charge on any atom is -0.466 e. The summed E-state index contributed by atoms with van der Waals surface area (Å²) in [6.07, 6.45) is 5.02. The van der Waals surface area contributed by atoms with E-state index in [1.165, 1.54) is 11.3 Å². The molecule has 0 aliphatic carbocycles. The highest BCUT2D eigenvalue weighted by atomic mass is 32.1. The van der Waals surface area contributed by atoms with Crippen LogP contribution in [0.1, 0.15) is 0 Å². The van der Waals surface area contributed by atoms with Crippen LogP contribution >= 0.6 is 11.3 Å². The van der Waals surface area contributed by atoms with Gasteiger partial charge in [0.25, 0.3) is 5.91 Å². The Labute approximate surface area is 123 Å². The predicted octanol–water partition coefficient (Wildman–Crippen LogP) is 1.14. The molecule has 0 fully saturated rings. The highest BCUT2D eigenvalue weighted by Crippen LogP contribution is 2.11. The third-order valence-corrected chi connectivity index (χ3v) is 3.08. The van der Waals surface area contributed by atoms with Gasteiger partial charge in [-0.05, 0) is 12.1 Å². The predicted molar refractivity (Wildman–Crippen MR) is 75.4 cm³/mol. The molecule has 1 N–H and O–H groups in total. The van der Waals surface area contributed by atoms with Crippen molar-refractivity contribution in [2.45, 2.75) is 0 Å². The largest absolute Gasteiger partial charge is 0.466 e. The molecule has 0 unspecified atom stereocenters. The number of aromatic nitrogens is 5. The summed E-state index contributed by atoms with van der Waals surface area (Å²) >= 11 is 1.34. The number of hydrogen-bond acceptors (Lipinski definition) is 7. The van der Waals surface area contributed by atoms with Crippen LogP contribution in [-0.4, -0.2) is 37.5 Å². The maximum Gasteiger partial charge on any atom is 0.264 e. The van der Waals surface area contributed by atoms with Crippen LogP contribution < -0.4 is 10.1 Å². The Hall–Kier alpha value is -2.81. The second-order valence-corrected chi connectivity index (χ2v) is 4.75. The van der Waals surface area contributed by atoms with Gasteiger partial charge in [-0.25, -0.2) is 9.67 Å². The van der Waals surface area contributed by atoms with Crippen molar-refractivity contribution in [1.29, 1.82) is 0 Å². The van der Waals surface area contributed by atoms with E-state index in [0.29, 0.717) is 10.9 Å². The molecule has 0 spiro atoms. The van der Waals surface area contributed by atoms with E-state index in [-0.39, 0.29) is 18.4 Å². The molecule has 21 heavy (non-hydrogen) atoms. The zero-order valence-electron chi connectivity index (χ0n) is 10.7. The van der Waals surface area contributed by atoms with E-state index in [4.69, 9.17) is 4.74 Å². The first-order chi connectivity index (χ1) is 10.3. The second-order valence-electron chi connectivity index (χ2n) is 3.85. The smallest absolute Gasteiger partial charge is 0.264 e. The summed E-state index contributed by atoms with van der Waals surface area (Å²) in [6, 6.07) is 5.11. The number of hydrogen-bond donors (Lipinski definition) is 1. The number of nitrogens with zero attached hydrogens (tertiary/aromatic N) is 5. The van der Waals surface area contributed by atoms with E-state index in [0.717, 1.165) is 0 Å². The molecule has 8 nitrogen and oxygen atoms in total. The molecule has 0 saturated carbocycles. The van der Waals surface area contributed by atoms with Crippen molar-refractivity contribution in [3.8, 4) is 11.7 Å². The van der Waals surface area contributed by atoms with Gasteiger partial charge in [-0.2, -0.15) is 5.10 Å². The highest BCUT2D eigenvalue weighted by molar-refractivity contribution is 7.13. The van der Waals surface area contributed by atoms with E-state index in [1.54, 1.807) is 46.9 Å². The SMILES string of the molecule is O=C(COc1ccc(-n2cccn2)nn1)Nc1nccs1. The molecule has 9 heteroatoms. The first-order valence-electron chi connectivity index (χ1n) is 5.97. The second kappa shape index (κ2) is 6.09. The number of rotatable bonds is 5. The number of nitrogens with one attached hydrogen (secondary N) is 1. The lowest BCUT2D eigenvalue weighted by molar-refractivity contribution is -0.118. The maximum absolute atomic E-state index is 11.6. The Bertz CT molecular complexity index is 696. The molecule has 0 bridgehead atoms. The van der Waals surface area contributed by atoms with E-state index >= 15 is 0 Å². The average Bonchev–Trinajstić information content (AvgIpc) is 3.19. The zero-order valence-corrected chi connectivity index (χ0v) is 11.5. The monoisotopic (exact) mass is 302 g/mol. The van der Waals surface area contributed by atoms with Crippen LogP contribution in [0.4, 0.5) is 5.13 Å². The van der Waals surface area contributed by atoms with Crippen LogP contribution in [0.2, 0.25) is 0 Å². The molecule has 0 radical (unpaired) electrons. The Morgan fingerprint density at radius 2 is 2.29 bits per heavy atom. The van der Waals surface area contributed by atoms with Crippen LogP contribution in [0.5, 0.6) is 5.88 Å². The van der Waals surface area contributed by atoms with Crippen molar-refractivity contribution in [2.75, 3.05) is 11.9 Å². The van der Waals surface area contributed by atoms with Crippen LogP contribution in [0.25, 0.3) is 5.82 Å². The van der Waals surface area contributed by atoms with Crippen molar-refractivity contribution in [3.63, 3.8) is 0 Å². The molecule has 3 rings (SSSR count). The summed E-state index contributed by atoms with van der Waals surface area (Å²) in [4.78, 5) is 15.6. The third kappa shape index (κ3) is 3.39. The lowest BCUT2D eigenvalue weighted by Gasteiger charge is -2.05. The zero-order chi connectivity index (χ0) is 14.5. The molecule has 3 aromatic heterocycles. The van der Waals surface area contributed by atoms with Crippen molar-refractivity contribution in [2.24, 2.45) is 0 Å². The molecule has 3 aromatic rings. The summed E-state index contributed by atoms with van der Waals surface area (Å²) in [6.45, 7) is -0.157. The van der Waals surface area contributed by atoms with E-state index in [1.807, 2.05) is 0 Å². The van der Waals surface area contributed by atoms with Gasteiger partial charge in [-0.15, -0.1) is 21.5 Å². The topological polar surface area (TPSA) is 94.8 Å². The minimum atomic E-state index is -0.303. The molecule has 106 valence electrons. The molecule has 0 atom stereocenters. The molecule has 3 heterocycles. The summed E-state index contributed by atoms with van der Waals surface area (Å²) in [5, 5.41) is 16.8. The minimum absolute atomic E-state index is 0.157. The first kappa shape index (κ1) is 13.2. The first-order valence-corrected chi connectivity index (χ1v) is 6.85. The fourth-order valence-electron chi connectivity index (χ4n) is 1.50. The lowest BCUT2D eigenvalue weighted by Crippen LogP contribution is -2.20. The van der Waals surface area contributed by atoms with Crippen molar-refractivity contribution in [1.82, 2.24) is 25.0 Å². The summed E-state index contributed by atoms with van der Waals surface area (Å²) in [5.74, 6) is 0.530. The van der Waals surface area contributed by atoms with E-state index in [2.05, 4.69) is 25.6 Å². The Balaban J connectivity index is 1.55. The van der Waals surface area contributed by atoms with Crippen molar-refractivity contribution < 1.29 is 9.53 Å². The fraction of sp³-hybridized carbons (Fsp3) is 0.0833. The van der Waals surface area contributed by atoms with Crippen LogP contribution in [0.15, 0.2) is 42.2 Å². The molecule has 0 aromatic carbocycles.